The Morgan fingerprint density at radius 1 is 1.60 bits per heavy atom. The fourth-order valence-corrected chi connectivity index (χ4v) is 2.27. The first-order valence-electron chi connectivity index (χ1n) is 3.21. The zero-order chi connectivity index (χ0) is 6.97. The van der Waals surface area contributed by atoms with Crippen LogP contribution in [-0.4, -0.2) is 11.5 Å². The normalized spacial score (nSPS) is 16.9. The van der Waals surface area contributed by atoms with Gasteiger partial charge in [0.05, 0.1) is 5.69 Å². The number of thiazole rings is 1. The summed E-state index contributed by atoms with van der Waals surface area (Å²) in [6.45, 7) is 1.98. The van der Waals surface area contributed by atoms with Gasteiger partial charge in [0.1, 0.15) is 0 Å². The van der Waals surface area contributed by atoms with Crippen molar-refractivity contribution >= 4 is 22.9 Å². The van der Waals surface area contributed by atoms with Crippen LogP contribution in [0.2, 0.25) is 4.47 Å². The van der Waals surface area contributed by atoms with E-state index < -0.39 is 0 Å². The van der Waals surface area contributed by atoms with E-state index in [4.69, 9.17) is 11.6 Å². The van der Waals surface area contributed by atoms with Crippen LogP contribution < -0.4 is 5.32 Å². The van der Waals surface area contributed by atoms with Crippen molar-refractivity contribution in [3.8, 4) is 0 Å². The topological polar surface area (TPSA) is 24.9 Å². The zero-order valence-corrected chi connectivity index (χ0v) is 6.93. The molecule has 1 aromatic rings. The van der Waals surface area contributed by atoms with E-state index in [-0.39, 0.29) is 0 Å². The second-order valence-electron chi connectivity index (χ2n) is 2.26. The van der Waals surface area contributed by atoms with Crippen LogP contribution >= 0.6 is 22.9 Å². The molecule has 1 N–H and O–H groups in total. The Bertz CT molecular complexity index is 222. The Morgan fingerprint density at radius 3 is 3.30 bits per heavy atom. The Morgan fingerprint density at radius 2 is 2.50 bits per heavy atom. The number of rotatable bonds is 0. The highest BCUT2D eigenvalue weighted by Crippen LogP contribution is 2.24. The molecule has 0 saturated heterocycles. The fraction of sp³-hybridized carbons (Fsp3) is 0.500. The molecule has 4 heteroatoms. The molecule has 1 aromatic heterocycles. The van der Waals surface area contributed by atoms with Crippen LogP contribution in [0.3, 0.4) is 0 Å². The molecule has 2 rings (SSSR count). The van der Waals surface area contributed by atoms with Crippen molar-refractivity contribution in [2.75, 3.05) is 6.54 Å². The van der Waals surface area contributed by atoms with Crippen molar-refractivity contribution in [1.29, 1.82) is 0 Å². The molecule has 1 aliphatic rings. The second kappa shape index (κ2) is 2.49. The summed E-state index contributed by atoms with van der Waals surface area (Å²) in [4.78, 5) is 5.50. The lowest BCUT2D eigenvalue weighted by molar-refractivity contribution is 0.644. The molecule has 0 aliphatic carbocycles. The summed E-state index contributed by atoms with van der Waals surface area (Å²) >= 11 is 7.31. The Kier molecular flexibility index (Phi) is 1.64. The lowest BCUT2D eigenvalue weighted by atomic mass is 10.2. The van der Waals surface area contributed by atoms with Crippen molar-refractivity contribution in [2.45, 2.75) is 13.0 Å². The van der Waals surface area contributed by atoms with Gasteiger partial charge in [-0.05, 0) is 0 Å². The highest BCUT2D eigenvalue weighted by atomic mass is 35.5. The van der Waals surface area contributed by atoms with Gasteiger partial charge in [-0.25, -0.2) is 4.98 Å². The largest absolute Gasteiger partial charge is 0.311 e. The van der Waals surface area contributed by atoms with Crippen LogP contribution in [0.25, 0.3) is 0 Å². The molecule has 0 unspecified atom stereocenters. The predicted molar refractivity (Wildman–Crippen MR) is 42.5 cm³/mol. The van der Waals surface area contributed by atoms with Crippen molar-refractivity contribution < 1.29 is 0 Å². The maximum atomic E-state index is 5.73. The van der Waals surface area contributed by atoms with Crippen LogP contribution in [0.4, 0.5) is 0 Å². The molecule has 0 fully saturated rings. The van der Waals surface area contributed by atoms with Gasteiger partial charge >= 0.3 is 0 Å². The smallest absolute Gasteiger partial charge is 0.184 e. The summed E-state index contributed by atoms with van der Waals surface area (Å²) in [5, 5.41) is 3.27. The molecule has 1 aliphatic heterocycles. The van der Waals surface area contributed by atoms with Gasteiger partial charge in [0.25, 0.3) is 0 Å². The first kappa shape index (κ1) is 6.58. The molecule has 0 atom stereocenters. The van der Waals surface area contributed by atoms with Gasteiger partial charge in [-0.2, -0.15) is 0 Å². The molecule has 0 amide bonds. The van der Waals surface area contributed by atoms with E-state index in [2.05, 4.69) is 10.3 Å². The number of nitrogens with one attached hydrogen (secondary N) is 1. The molecule has 2 nitrogen and oxygen atoms in total. The number of halogens is 1. The average molecular weight is 175 g/mol. The first-order valence-corrected chi connectivity index (χ1v) is 4.40. The number of hydrogen-bond donors (Lipinski definition) is 1. The quantitative estimate of drug-likeness (QED) is 0.644. The van der Waals surface area contributed by atoms with Gasteiger partial charge in [0.2, 0.25) is 0 Å². The van der Waals surface area contributed by atoms with Crippen molar-refractivity contribution in [1.82, 2.24) is 10.3 Å². The Balaban J connectivity index is 2.41. The van der Waals surface area contributed by atoms with Gasteiger partial charge < -0.3 is 5.32 Å². The molecular weight excluding hydrogens is 168 g/mol. The van der Waals surface area contributed by atoms with Crippen LogP contribution in [-0.2, 0) is 13.0 Å². The average Bonchev–Trinajstić information content (AvgIpc) is 2.27. The number of aromatic nitrogens is 1. The summed E-state index contributed by atoms with van der Waals surface area (Å²) in [5.74, 6) is 0. The van der Waals surface area contributed by atoms with E-state index in [1.807, 2.05) is 0 Å². The number of fused-ring (bicyclic) bond motifs is 1. The minimum atomic E-state index is 0.675. The third kappa shape index (κ3) is 1.05. The summed E-state index contributed by atoms with van der Waals surface area (Å²) in [7, 11) is 0. The molecule has 10 heavy (non-hydrogen) atoms. The summed E-state index contributed by atoms with van der Waals surface area (Å²) < 4.78 is 0.675. The maximum Gasteiger partial charge on any atom is 0.184 e. The van der Waals surface area contributed by atoms with Gasteiger partial charge in [0, 0.05) is 24.4 Å². The van der Waals surface area contributed by atoms with E-state index in [1.54, 1.807) is 11.3 Å². The molecule has 0 spiro atoms. The fourth-order valence-electron chi connectivity index (χ4n) is 1.09. The maximum absolute atomic E-state index is 5.73. The van der Waals surface area contributed by atoms with E-state index in [0.717, 1.165) is 19.5 Å². The van der Waals surface area contributed by atoms with E-state index >= 15 is 0 Å². The summed E-state index contributed by atoms with van der Waals surface area (Å²) in [5.41, 5.74) is 1.19. The number of nitrogens with zero attached hydrogens (tertiary/aromatic N) is 1. The van der Waals surface area contributed by atoms with Gasteiger partial charge in [-0.1, -0.05) is 11.6 Å². The number of hydrogen-bond acceptors (Lipinski definition) is 3. The Labute approximate surface area is 68.2 Å². The monoisotopic (exact) mass is 174 g/mol. The first-order chi connectivity index (χ1) is 4.86. The predicted octanol–water partition coefficient (Wildman–Crippen LogP) is 1.44. The minimum Gasteiger partial charge on any atom is -0.311 e. The van der Waals surface area contributed by atoms with Crippen LogP contribution in [0.5, 0.6) is 0 Å². The van der Waals surface area contributed by atoms with E-state index in [0.29, 0.717) is 4.47 Å². The van der Waals surface area contributed by atoms with Crippen LogP contribution in [0.15, 0.2) is 0 Å². The zero-order valence-electron chi connectivity index (χ0n) is 5.35. The van der Waals surface area contributed by atoms with E-state index in [9.17, 15) is 0 Å². The highest BCUT2D eigenvalue weighted by molar-refractivity contribution is 7.15. The van der Waals surface area contributed by atoms with E-state index in [1.165, 1.54) is 10.6 Å². The highest BCUT2D eigenvalue weighted by Gasteiger charge is 2.12. The second-order valence-corrected chi connectivity index (χ2v) is 3.93. The molecule has 0 saturated carbocycles. The van der Waals surface area contributed by atoms with Crippen LogP contribution in [0.1, 0.15) is 10.6 Å². The van der Waals surface area contributed by atoms with Crippen molar-refractivity contribution in [3.05, 3.63) is 15.0 Å². The standard InChI is InChI=1S/C6H7ClN2S/c7-6-9-4-1-2-8-3-5(4)10-6/h8H,1-3H2. The van der Waals surface area contributed by atoms with Gasteiger partial charge in [-0.3, -0.25) is 0 Å². The van der Waals surface area contributed by atoms with Crippen LogP contribution in [0, 0.1) is 0 Å². The summed E-state index contributed by atoms with van der Waals surface area (Å²) in [6, 6.07) is 0. The van der Waals surface area contributed by atoms with Gasteiger partial charge in [0.15, 0.2) is 4.47 Å². The third-order valence-corrected chi connectivity index (χ3v) is 2.78. The lowest BCUT2D eigenvalue weighted by Crippen LogP contribution is -2.22. The third-order valence-electron chi connectivity index (χ3n) is 1.58. The molecule has 0 bridgehead atoms. The molecule has 54 valence electrons. The molecule has 2 heterocycles. The van der Waals surface area contributed by atoms with Gasteiger partial charge in [-0.15, -0.1) is 11.3 Å². The summed E-state index contributed by atoms with van der Waals surface area (Å²) in [6.07, 6.45) is 1.03. The molecule has 0 radical (unpaired) electrons. The SMILES string of the molecule is Clc1nc2c(s1)CNCC2. The molecule has 0 aromatic carbocycles. The molecular formula is C6H7ClN2S. The Hall–Kier alpha value is -0.120. The van der Waals surface area contributed by atoms with Crippen molar-refractivity contribution in [2.24, 2.45) is 0 Å². The minimum absolute atomic E-state index is 0.675. The lowest BCUT2D eigenvalue weighted by Gasteiger charge is -2.09. The van der Waals surface area contributed by atoms with Crippen molar-refractivity contribution in [3.63, 3.8) is 0 Å².